The molecule has 1 atom stereocenters. The minimum absolute atomic E-state index is 0.0366. The molecule has 1 aromatic heterocycles. The standard InChI is InChI=1S/C15H17N3O4S/c1-9(13(16)20)23-15-17-11-6-4-3-5-10(11)14(21)18(15)8-7-12(19)22-2/h3-6,9H,7-8H2,1-2H3,(H2,16,20). The van der Waals surface area contributed by atoms with E-state index in [4.69, 9.17) is 5.73 Å². The van der Waals surface area contributed by atoms with Gasteiger partial charge in [-0.05, 0) is 19.1 Å². The summed E-state index contributed by atoms with van der Waals surface area (Å²) in [6.07, 6.45) is 0.0366. The first-order valence-corrected chi connectivity index (χ1v) is 7.84. The van der Waals surface area contributed by atoms with Crippen LogP contribution in [0, 0.1) is 0 Å². The van der Waals surface area contributed by atoms with Crippen molar-refractivity contribution in [3.05, 3.63) is 34.6 Å². The molecule has 0 radical (unpaired) electrons. The maximum absolute atomic E-state index is 12.6. The Morgan fingerprint density at radius 3 is 2.74 bits per heavy atom. The molecule has 1 amide bonds. The van der Waals surface area contributed by atoms with Crippen molar-refractivity contribution in [2.24, 2.45) is 5.73 Å². The molecule has 1 aromatic carbocycles. The highest BCUT2D eigenvalue weighted by Gasteiger charge is 2.18. The van der Waals surface area contributed by atoms with Gasteiger partial charge in [-0.1, -0.05) is 23.9 Å². The number of hydrogen-bond donors (Lipinski definition) is 1. The minimum atomic E-state index is -0.549. The van der Waals surface area contributed by atoms with Gasteiger partial charge in [0, 0.05) is 6.54 Å². The van der Waals surface area contributed by atoms with Crippen molar-refractivity contribution in [3.63, 3.8) is 0 Å². The van der Waals surface area contributed by atoms with Crippen molar-refractivity contribution in [2.75, 3.05) is 7.11 Å². The molecule has 0 aliphatic carbocycles. The lowest BCUT2D eigenvalue weighted by Crippen LogP contribution is -2.28. The van der Waals surface area contributed by atoms with Crippen LogP contribution in [-0.2, 0) is 20.9 Å². The van der Waals surface area contributed by atoms with Crippen molar-refractivity contribution >= 4 is 34.5 Å². The van der Waals surface area contributed by atoms with E-state index in [1.165, 1.54) is 11.7 Å². The number of para-hydroxylation sites is 1. The number of nitrogens with zero attached hydrogens (tertiary/aromatic N) is 2. The first kappa shape index (κ1) is 17.0. The summed E-state index contributed by atoms with van der Waals surface area (Å²) in [6, 6.07) is 6.92. The van der Waals surface area contributed by atoms with E-state index in [1.54, 1.807) is 31.2 Å². The lowest BCUT2D eigenvalue weighted by atomic mass is 10.2. The number of fused-ring (bicyclic) bond motifs is 1. The van der Waals surface area contributed by atoms with Gasteiger partial charge in [-0.2, -0.15) is 0 Å². The molecule has 0 bridgehead atoms. The Hall–Kier alpha value is -2.35. The van der Waals surface area contributed by atoms with Crippen molar-refractivity contribution in [1.29, 1.82) is 0 Å². The van der Waals surface area contributed by atoms with E-state index in [1.807, 2.05) is 0 Å². The maximum Gasteiger partial charge on any atom is 0.307 e. The molecular weight excluding hydrogens is 318 g/mol. The van der Waals surface area contributed by atoms with E-state index in [0.29, 0.717) is 16.1 Å². The predicted molar refractivity (Wildman–Crippen MR) is 87.1 cm³/mol. The number of aromatic nitrogens is 2. The Kier molecular flexibility index (Phi) is 5.38. The Bertz CT molecular complexity index is 803. The molecule has 0 aliphatic rings. The lowest BCUT2D eigenvalue weighted by Gasteiger charge is -2.14. The SMILES string of the molecule is COC(=O)CCn1c(SC(C)C(N)=O)nc2ccccc2c1=O. The molecule has 0 saturated carbocycles. The number of carbonyl (C=O) groups is 2. The predicted octanol–water partition coefficient (Wildman–Crippen LogP) is 0.925. The van der Waals surface area contributed by atoms with E-state index in [9.17, 15) is 14.4 Å². The van der Waals surface area contributed by atoms with Crippen LogP contribution in [0.15, 0.2) is 34.2 Å². The summed E-state index contributed by atoms with van der Waals surface area (Å²) < 4.78 is 5.98. The molecule has 7 nitrogen and oxygen atoms in total. The zero-order valence-corrected chi connectivity index (χ0v) is 13.6. The van der Waals surface area contributed by atoms with Crippen LogP contribution in [0.2, 0.25) is 0 Å². The molecule has 122 valence electrons. The van der Waals surface area contributed by atoms with Crippen molar-refractivity contribution in [2.45, 2.75) is 30.3 Å². The van der Waals surface area contributed by atoms with Crippen molar-refractivity contribution in [3.8, 4) is 0 Å². The van der Waals surface area contributed by atoms with E-state index in [2.05, 4.69) is 9.72 Å². The Morgan fingerprint density at radius 1 is 1.39 bits per heavy atom. The van der Waals surface area contributed by atoms with Crippen LogP contribution < -0.4 is 11.3 Å². The number of carbonyl (C=O) groups excluding carboxylic acids is 2. The molecule has 0 fully saturated rings. The van der Waals surface area contributed by atoms with Gasteiger partial charge in [0.2, 0.25) is 5.91 Å². The van der Waals surface area contributed by atoms with Gasteiger partial charge in [0.1, 0.15) is 0 Å². The molecule has 2 rings (SSSR count). The van der Waals surface area contributed by atoms with Crippen LogP contribution in [0.3, 0.4) is 0 Å². The van der Waals surface area contributed by atoms with Gasteiger partial charge in [0.05, 0.1) is 29.7 Å². The highest BCUT2D eigenvalue weighted by molar-refractivity contribution is 8.00. The van der Waals surface area contributed by atoms with E-state index in [0.717, 1.165) is 11.8 Å². The Balaban J connectivity index is 2.50. The van der Waals surface area contributed by atoms with Crippen molar-refractivity contribution < 1.29 is 14.3 Å². The zero-order chi connectivity index (χ0) is 17.0. The molecule has 23 heavy (non-hydrogen) atoms. The summed E-state index contributed by atoms with van der Waals surface area (Å²) >= 11 is 1.09. The number of nitrogens with two attached hydrogens (primary N) is 1. The molecule has 1 heterocycles. The third-order valence-corrected chi connectivity index (χ3v) is 4.39. The number of thioether (sulfide) groups is 1. The topological polar surface area (TPSA) is 104 Å². The third-order valence-electron chi connectivity index (χ3n) is 3.28. The number of primary amides is 1. The third kappa shape index (κ3) is 3.89. The lowest BCUT2D eigenvalue weighted by molar-refractivity contribution is -0.140. The Labute approximate surface area is 136 Å². The second-order valence-electron chi connectivity index (χ2n) is 4.86. The minimum Gasteiger partial charge on any atom is -0.469 e. The summed E-state index contributed by atoms with van der Waals surface area (Å²) in [5, 5.41) is 0.254. The van der Waals surface area contributed by atoms with E-state index < -0.39 is 17.1 Å². The van der Waals surface area contributed by atoms with Crippen molar-refractivity contribution in [1.82, 2.24) is 9.55 Å². The number of methoxy groups -OCH3 is 1. The smallest absolute Gasteiger partial charge is 0.307 e. The summed E-state index contributed by atoms with van der Waals surface area (Å²) in [5.74, 6) is -0.930. The average molecular weight is 335 g/mol. The number of benzene rings is 1. The quantitative estimate of drug-likeness (QED) is 0.478. The number of esters is 1. The van der Waals surface area contributed by atoms with Gasteiger partial charge in [0.15, 0.2) is 5.16 Å². The van der Waals surface area contributed by atoms with Crippen LogP contribution >= 0.6 is 11.8 Å². The molecule has 0 aliphatic heterocycles. The molecule has 0 spiro atoms. The fourth-order valence-electron chi connectivity index (χ4n) is 1.96. The molecule has 2 aromatic rings. The fraction of sp³-hybridized carbons (Fsp3) is 0.333. The molecule has 1 unspecified atom stereocenters. The van der Waals surface area contributed by atoms with Crippen LogP contribution in [-0.4, -0.2) is 33.8 Å². The second kappa shape index (κ2) is 7.28. The molecule has 8 heteroatoms. The van der Waals surface area contributed by atoms with Crippen LogP contribution in [0.1, 0.15) is 13.3 Å². The van der Waals surface area contributed by atoms with Gasteiger partial charge in [-0.25, -0.2) is 4.98 Å². The number of amides is 1. The fourth-order valence-corrected chi connectivity index (χ4v) is 2.84. The second-order valence-corrected chi connectivity index (χ2v) is 6.16. The average Bonchev–Trinajstić information content (AvgIpc) is 2.54. The summed E-state index contributed by atoms with van der Waals surface area (Å²) in [6.45, 7) is 1.76. The monoisotopic (exact) mass is 335 g/mol. The zero-order valence-electron chi connectivity index (χ0n) is 12.8. The first-order chi connectivity index (χ1) is 10.9. The summed E-state index contributed by atoms with van der Waals surface area (Å²) in [7, 11) is 1.29. The highest BCUT2D eigenvalue weighted by atomic mass is 32.2. The van der Waals surface area contributed by atoms with Crippen LogP contribution in [0.25, 0.3) is 10.9 Å². The largest absolute Gasteiger partial charge is 0.469 e. The number of rotatable bonds is 6. The summed E-state index contributed by atoms with van der Waals surface area (Å²) in [5.41, 5.74) is 5.55. The van der Waals surface area contributed by atoms with E-state index in [-0.39, 0.29) is 18.5 Å². The highest BCUT2D eigenvalue weighted by Crippen LogP contribution is 2.22. The molecular formula is C15H17N3O4S. The van der Waals surface area contributed by atoms with Gasteiger partial charge < -0.3 is 10.5 Å². The number of ether oxygens (including phenoxy) is 1. The van der Waals surface area contributed by atoms with E-state index >= 15 is 0 Å². The maximum atomic E-state index is 12.6. The first-order valence-electron chi connectivity index (χ1n) is 6.96. The Morgan fingerprint density at radius 2 is 2.09 bits per heavy atom. The number of hydrogen-bond acceptors (Lipinski definition) is 6. The van der Waals surface area contributed by atoms with Gasteiger partial charge >= 0.3 is 5.97 Å². The van der Waals surface area contributed by atoms with Gasteiger partial charge in [0.25, 0.3) is 5.56 Å². The normalized spacial score (nSPS) is 12.1. The molecule has 0 saturated heterocycles. The van der Waals surface area contributed by atoms with Gasteiger partial charge in [-0.3, -0.25) is 19.0 Å². The van der Waals surface area contributed by atoms with Gasteiger partial charge in [-0.15, -0.1) is 0 Å². The summed E-state index contributed by atoms with van der Waals surface area (Å²) in [4.78, 5) is 39.7. The molecule has 2 N–H and O–H groups in total. The van der Waals surface area contributed by atoms with Crippen LogP contribution in [0.4, 0.5) is 0 Å². The van der Waals surface area contributed by atoms with Crippen LogP contribution in [0.5, 0.6) is 0 Å².